The van der Waals surface area contributed by atoms with Gasteiger partial charge in [-0.15, -0.1) is 24.8 Å². The Hall–Kier alpha value is -0.850. The van der Waals surface area contributed by atoms with E-state index in [1.807, 2.05) is 6.07 Å². The molecule has 3 rings (SSSR count). The molecule has 2 heterocycles. The number of halogens is 2. The number of benzene rings is 1. The molecule has 2 saturated heterocycles. The van der Waals surface area contributed by atoms with Crippen molar-refractivity contribution in [2.75, 3.05) is 39.3 Å². The molecule has 7 heteroatoms. The van der Waals surface area contributed by atoms with Gasteiger partial charge in [-0.3, -0.25) is 9.69 Å². The zero-order chi connectivity index (χ0) is 15.9. The number of rotatable bonds is 5. The fourth-order valence-corrected chi connectivity index (χ4v) is 3.33. The largest absolute Gasteiger partial charge is 0.374 e. The molecule has 142 valence electrons. The first-order chi connectivity index (χ1) is 11.3. The lowest BCUT2D eigenvalue weighted by Crippen LogP contribution is -2.48. The smallest absolute Gasteiger partial charge is 0.223 e. The number of carbonyl (C=O) groups is 1. The highest BCUT2D eigenvalue weighted by molar-refractivity contribution is 5.85. The second-order valence-corrected chi connectivity index (χ2v) is 6.48. The van der Waals surface area contributed by atoms with E-state index in [4.69, 9.17) is 4.74 Å². The second kappa shape index (κ2) is 11.7. The number of hydrogen-bond donors (Lipinski definition) is 2. The van der Waals surface area contributed by atoms with E-state index in [1.54, 1.807) is 0 Å². The van der Waals surface area contributed by atoms with Gasteiger partial charge in [0.2, 0.25) is 5.91 Å². The summed E-state index contributed by atoms with van der Waals surface area (Å²) in [5, 5.41) is 6.38. The van der Waals surface area contributed by atoms with Gasteiger partial charge in [-0.1, -0.05) is 30.3 Å². The van der Waals surface area contributed by atoms with Gasteiger partial charge in [-0.05, 0) is 31.5 Å². The summed E-state index contributed by atoms with van der Waals surface area (Å²) in [4.78, 5) is 14.6. The van der Waals surface area contributed by atoms with Crippen molar-refractivity contribution in [2.45, 2.75) is 25.5 Å². The number of piperidine rings is 1. The molecule has 0 spiro atoms. The minimum atomic E-state index is 0. The van der Waals surface area contributed by atoms with E-state index in [9.17, 15) is 4.79 Å². The third-order valence-electron chi connectivity index (χ3n) is 4.69. The summed E-state index contributed by atoms with van der Waals surface area (Å²) < 4.78 is 5.81. The number of amides is 1. The third kappa shape index (κ3) is 7.12. The van der Waals surface area contributed by atoms with Crippen LogP contribution in [0.25, 0.3) is 0 Å². The van der Waals surface area contributed by atoms with Crippen LogP contribution in [0.1, 0.15) is 18.4 Å². The fraction of sp³-hybridized carbons (Fsp3) is 0.611. The average molecular weight is 390 g/mol. The van der Waals surface area contributed by atoms with E-state index >= 15 is 0 Å². The van der Waals surface area contributed by atoms with Crippen LogP contribution in [-0.2, 0) is 16.1 Å². The molecule has 1 aromatic carbocycles. The van der Waals surface area contributed by atoms with Crippen LogP contribution in [0.5, 0.6) is 0 Å². The monoisotopic (exact) mass is 389 g/mol. The van der Waals surface area contributed by atoms with Crippen molar-refractivity contribution < 1.29 is 9.53 Å². The van der Waals surface area contributed by atoms with Crippen molar-refractivity contribution in [3.63, 3.8) is 0 Å². The Bertz CT molecular complexity index is 498. The van der Waals surface area contributed by atoms with Crippen LogP contribution >= 0.6 is 24.8 Å². The van der Waals surface area contributed by atoms with Gasteiger partial charge >= 0.3 is 0 Å². The maximum Gasteiger partial charge on any atom is 0.223 e. The molecule has 2 aliphatic heterocycles. The lowest BCUT2D eigenvalue weighted by Gasteiger charge is -2.33. The Kier molecular flexibility index (Phi) is 10.4. The standard InChI is InChI=1S/C18H27N3O2.2ClH/c22-18(16-6-8-19-9-7-16)20-12-17-14-21(10-11-23-17)13-15-4-2-1-3-5-15;;/h1-5,16-17,19H,6-14H2,(H,20,22);2*1H. The van der Waals surface area contributed by atoms with Gasteiger partial charge in [0, 0.05) is 32.1 Å². The van der Waals surface area contributed by atoms with Crippen LogP contribution in [0.3, 0.4) is 0 Å². The number of nitrogens with zero attached hydrogens (tertiary/aromatic N) is 1. The molecule has 1 amide bonds. The number of morpholine rings is 1. The van der Waals surface area contributed by atoms with E-state index in [-0.39, 0.29) is 42.7 Å². The van der Waals surface area contributed by atoms with Crippen molar-refractivity contribution >= 4 is 30.7 Å². The molecule has 0 bridgehead atoms. The Morgan fingerprint density at radius 2 is 1.92 bits per heavy atom. The number of nitrogens with one attached hydrogen (secondary N) is 2. The molecule has 1 unspecified atom stereocenters. The maximum absolute atomic E-state index is 12.2. The van der Waals surface area contributed by atoms with Crippen LogP contribution in [-0.4, -0.2) is 56.2 Å². The quantitative estimate of drug-likeness (QED) is 0.806. The van der Waals surface area contributed by atoms with Gasteiger partial charge in [0.15, 0.2) is 0 Å². The van der Waals surface area contributed by atoms with Crippen molar-refractivity contribution in [1.29, 1.82) is 0 Å². The molecule has 0 aliphatic carbocycles. The zero-order valence-corrected chi connectivity index (χ0v) is 16.1. The van der Waals surface area contributed by atoms with Crippen molar-refractivity contribution in [3.05, 3.63) is 35.9 Å². The predicted octanol–water partition coefficient (Wildman–Crippen LogP) is 1.85. The van der Waals surface area contributed by atoms with E-state index < -0.39 is 0 Å². The van der Waals surface area contributed by atoms with Gasteiger partial charge in [0.05, 0.1) is 12.7 Å². The summed E-state index contributed by atoms with van der Waals surface area (Å²) in [6.45, 7) is 6.03. The minimum absolute atomic E-state index is 0. The van der Waals surface area contributed by atoms with Crippen LogP contribution in [0.15, 0.2) is 30.3 Å². The molecular formula is C18H29Cl2N3O2. The highest BCUT2D eigenvalue weighted by Gasteiger charge is 2.24. The van der Waals surface area contributed by atoms with E-state index in [0.717, 1.165) is 52.2 Å². The highest BCUT2D eigenvalue weighted by atomic mass is 35.5. The van der Waals surface area contributed by atoms with Gasteiger partial charge in [-0.25, -0.2) is 0 Å². The number of hydrogen-bond acceptors (Lipinski definition) is 4. The summed E-state index contributed by atoms with van der Waals surface area (Å²) in [7, 11) is 0. The first-order valence-electron chi connectivity index (χ1n) is 8.67. The lowest BCUT2D eigenvalue weighted by molar-refractivity contribution is -0.127. The molecule has 1 aromatic rings. The Morgan fingerprint density at radius 1 is 1.20 bits per heavy atom. The molecule has 25 heavy (non-hydrogen) atoms. The average Bonchev–Trinajstić information content (AvgIpc) is 2.62. The highest BCUT2D eigenvalue weighted by Crippen LogP contribution is 2.13. The SMILES string of the molecule is Cl.Cl.O=C(NCC1CN(Cc2ccccc2)CCO1)C1CCNCC1. The minimum Gasteiger partial charge on any atom is -0.374 e. The van der Waals surface area contributed by atoms with Gasteiger partial charge in [0.1, 0.15) is 0 Å². The molecule has 1 atom stereocenters. The first-order valence-corrected chi connectivity index (χ1v) is 8.67. The van der Waals surface area contributed by atoms with Gasteiger partial charge in [0.25, 0.3) is 0 Å². The maximum atomic E-state index is 12.2. The van der Waals surface area contributed by atoms with E-state index in [2.05, 4.69) is 39.8 Å². The summed E-state index contributed by atoms with van der Waals surface area (Å²) in [5.74, 6) is 0.357. The summed E-state index contributed by atoms with van der Waals surface area (Å²) >= 11 is 0. The normalized spacial score (nSPS) is 21.7. The molecule has 2 N–H and O–H groups in total. The van der Waals surface area contributed by atoms with Crippen LogP contribution in [0.2, 0.25) is 0 Å². The molecule has 0 aromatic heterocycles. The van der Waals surface area contributed by atoms with E-state index in [1.165, 1.54) is 5.56 Å². The Morgan fingerprint density at radius 3 is 2.64 bits per heavy atom. The van der Waals surface area contributed by atoms with Crippen LogP contribution in [0.4, 0.5) is 0 Å². The molecule has 2 fully saturated rings. The Labute approximate surface area is 162 Å². The van der Waals surface area contributed by atoms with Crippen molar-refractivity contribution in [2.24, 2.45) is 5.92 Å². The van der Waals surface area contributed by atoms with Crippen LogP contribution < -0.4 is 10.6 Å². The molecule has 2 aliphatic rings. The first kappa shape index (κ1) is 22.2. The summed E-state index contributed by atoms with van der Waals surface area (Å²) in [6, 6.07) is 10.5. The van der Waals surface area contributed by atoms with Crippen LogP contribution in [0, 0.1) is 5.92 Å². The van der Waals surface area contributed by atoms with Crippen molar-refractivity contribution in [1.82, 2.24) is 15.5 Å². The molecule has 0 radical (unpaired) electrons. The molecule has 5 nitrogen and oxygen atoms in total. The van der Waals surface area contributed by atoms with Gasteiger partial charge in [-0.2, -0.15) is 0 Å². The van der Waals surface area contributed by atoms with E-state index in [0.29, 0.717) is 6.54 Å². The topological polar surface area (TPSA) is 53.6 Å². The fourth-order valence-electron chi connectivity index (χ4n) is 3.33. The zero-order valence-electron chi connectivity index (χ0n) is 14.5. The third-order valence-corrected chi connectivity index (χ3v) is 4.69. The molecular weight excluding hydrogens is 361 g/mol. The second-order valence-electron chi connectivity index (χ2n) is 6.48. The summed E-state index contributed by atoms with van der Waals surface area (Å²) in [5.41, 5.74) is 1.33. The predicted molar refractivity (Wildman–Crippen MR) is 105 cm³/mol. The number of ether oxygens (including phenoxy) is 1. The molecule has 0 saturated carbocycles. The summed E-state index contributed by atoms with van der Waals surface area (Å²) in [6.07, 6.45) is 1.98. The Balaban J connectivity index is 0.00000156. The van der Waals surface area contributed by atoms with Crippen molar-refractivity contribution in [3.8, 4) is 0 Å². The number of carbonyl (C=O) groups excluding carboxylic acids is 1. The lowest BCUT2D eigenvalue weighted by atomic mass is 9.97. The van der Waals surface area contributed by atoms with Gasteiger partial charge < -0.3 is 15.4 Å².